The number of nitriles is 1. The summed E-state index contributed by atoms with van der Waals surface area (Å²) in [7, 11) is 0. The van der Waals surface area contributed by atoms with Gasteiger partial charge in [-0.1, -0.05) is 11.6 Å². The number of nitrogen functional groups attached to an aromatic ring is 1. The summed E-state index contributed by atoms with van der Waals surface area (Å²) in [5, 5.41) is 12.1. The van der Waals surface area contributed by atoms with Crippen molar-refractivity contribution in [3.63, 3.8) is 0 Å². The largest absolute Gasteiger partial charge is 0.398 e. The first kappa shape index (κ1) is 8.36. The third kappa shape index (κ3) is 1.15. The summed E-state index contributed by atoms with van der Waals surface area (Å²) in [6, 6.07) is 5.67. The number of halogens is 1. The molecule has 0 fully saturated rings. The van der Waals surface area contributed by atoms with E-state index in [-0.39, 0.29) is 0 Å². The highest BCUT2D eigenvalue weighted by Crippen LogP contribution is 2.34. The van der Waals surface area contributed by atoms with Crippen molar-refractivity contribution in [3.05, 3.63) is 28.1 Å². The van der Waals surface area contributed by atoms with Gasteiger partial charge in [0.15, 0.2) is 0 Å². The SMILES string of the molecule is N#Cc1c(N)ccc2scc(Cl)c12. The minimum absolute atomic E-state index is 0.476. The van der Waals surface area contributed by atoms with Gasteiger partial charge in [0.1, 0.15) is 6.07 Å². The predicted octanol–water partition coefficient (Wildman–Crippen LogP) is 3.01. The second kappa shape index (κ2) is 2.91. The molecule has 0 radical (unpaired) electrons. The Morgan fingerprint density at radius 3 is 2.92 bits per heavy atom. The molecule has 0 unspecified atom stereocenters. The number of fused-ring (bicyclic) bond motifs is 1. The van der Waals surface area contributed by atoms with E-state index in [1.54, 1.807) is 6.07 Å². The molecule has 2 aromatic rings. The predicted molar refractivity (Wildman–Crippen MR) is 56.0 cm³/mol. The minimum atomic E-state index is 0.476. The van der Waals surface area contributed by atoms with Gasteiger partial charge in [-0.2, -0.15) is 5.26 Å². The molecule has 0 spiro atoms. The molecule has 0 aliphatic rings. The van der Waals surface area contributed by atoms with Crippen LogP contribution in [0.2, 0.25) is 5.02 Å². The lowest BCUT2D eigenvalue weighted by Gasteiger charge is -1.98. The molecule has 0 bridgehead atoms. The molecule has 2 rings (SSSR count). The topological polar surface area (TPSA) is 49.8 Å². The van der Waals surface area contributed by atoms with Crippen molar-refractivity contribution in [3.8, 4) is 6.07 Å². The van der Waals surface area contributed by atoms with Crippen LogP contribution in [0, 0.1) is 11.3 Å². The molecule has 0 aliphatic carbocycles. The molecule has 0 saturated heterocycles. The molecule has 4 heteroatoms. The van der Waals surface area contributed by atoms with Gasteiger partial charge < -0.3 is 5.73 Å². The van der Waals surface area contributed by atoms with Crippen molar-refractivity contribution in [2.45, 2.75) is 0 Å². The Morgan fingerprint density at radius 2 is 2.23 bits per heavy atom. The summed E-state index contributed by atoms with van der Waals surface area (Å²) < 4.78 is 0.996. The number of hydrogen-bond acceptors (Lipinski definition) is 3. The lowest BCUT2D eigenvalue weighted by molar-refractivity contribution is 1.51. The van der Waals surface area contributed by atoms with Crippen molar-refractivity contribution in [2.24, 2.45) is 0 Å². The van der Waals surface area contributed by atoms with Gasteiger partial charge >= 0.3 is 0 Å². The van der Waals surface area contributed by atoms with Crippen LogP contribution in [0.25, 0.3) is 10.1 Å². The van der Waals surface area contributed by atoms with E-state index in [1.165, 1.54) is 11.3 Å². The fourth-order valence-electron chi connectivity index (χ4n) is 1.23. The van der Waals surface area contributed by atoms with Crippen molar-refractivity contribution < 1.29 is 0 Å². The summed E-state index contributed by atoms with van der Waals surface area (Å²) >= 11 is 7.45. The number of benzene rings is 1. The maximum atomic E-state index is 8.88. The van der Waals surface area contributed by atoms with Gasteiger partial charge in [-0.3, -0.25) is 0 Å². The molecule has 2 nitrogen and oxygen atoms in total. The molecular weight excluding hydrogens is 204 g/mol. The van der Waals surface area contributed by atoms with Crippen LogP contribution in [0.1, 0.15) is 5.56 Å². The molecule has 0 atom stereocenters. The molecule has 1 heterocycles. The summed E-state index contributed by atoms with van der Waals surface area (Å²) in [5.74, 6) is 0. The Balaban J connectivity index is 2.99. The quantitative estimate of drug-likeness (QED) is 0.677. The highest BCUT2D eigenvalue weighted by molar-refractivity contribution is 7.17. The minimum Gasteiger partial charge on any atom is -0.398 e. The Kier molecular flexibility index (Phi) is 1.87. The van der Waals surface area contributed by atoms with E-state index >= 15 is 0 Å². The standard InChI is InChI=1S/C9H5ClN2S/c10-6-4-13-8-2-1-7(12)5(3-11)9(6)8/h1-2,4H,12H2. The zero-order valence-electron chi connectivity index (χ0n) is 6.54. The van der Waals surface area contributed by atoms with E-state index < -0.39 is 0 Å². The van der Waals surface area contributed by atoms with Gasteiger partial charge in [-0.05, 0) is 12.1 Å². The van der Waals surface area contributed by atoms with Crippen LogP contribution in [0.4, 0.5) is 5.69 Å². The third-order valence-electron chi connectivity index (χ3n) is 1.84. The van der Waals surface area contributed by atoms with Gasteiger partial charge in [0.2, 0.25) is 0 Å². The van der Waals surface area contributed by atoms with Gasteiger partial charge in [0, 0.05) is 15.5 Å². The first-order chi connectivity index (χ1) is 6.24. The average molecular weight is 209 g/mol. The van der Waals surface area contributed by atoms with Gasteiger partial charge in [-0.15, -0.1) is 11.3 Å². The maximum Gasteiger partial charge on any atom is 0.102 e. The number of anilines is 1. The molecule has 0 aliphatic heterocycles. The number of hydrogen-bond donors (Lipinski definition) is 1. The second-order valence-electron chi connectivity index (χ2n) is 2.60. The van der Waals surface area contributed by atoms with Gasteiger partial charge in [0.05, 0.1) is 16.3 Å². The Bertz CT molecular complexity index is 510. The molecule has 1 aromatic carbocycles. The zero-order chi connectivity index (χ0) is 9.42. The average Bonchev–Trinajstić information content (AvgIpc) is 2.49. The van der Waals surface area contributed by atoms with E-state index in [1.807, 2.05) is 11.4 Å². The molecular formula is C9H5ClN2S. The van der Waals surface area contributed by atoms with E-state index in [0.717, 1.165) is 10.1 Å². The summed E-state index contributed by atoms with van der Waals surface area (Å²) in [6.45, 7) is 0. The van der Waals surface area contributed by atoms with E-state index in [9.17, 15) is 0 Å². The van der Waals surface area contributed by atoms with E-state index in [0.29, 0.717) is 16.3 Å². The number of thiophene rings is 1. The van der Waals surface area contributed by atoms with Crippen molar-refractivity contribution in [1.82, 2.24) is 0 Å². The van der Waals surface area contributed by atoms with Crippen LogP contribution in [0.3, 0.4) is 0 Å². The van der Waals surface area contributed by atoms with E-state index in [4.69, 9.17) is 22.6 Å². The van der Waals surface area contributed by atoms with Gasteiger partial charge in [-0.25, -0.2) is 0 Å². The lowest BCUT2D eigenvalue weighted by Crippen LogP contribution is -1.89. The molecule has 0 saturated carbocycles. The fraction of sp³-hybridized carbons (Fsp3) is 0. The van der Waals surface area contributed by atoms with Crippen LogP contribution in [0.15, 0.2) is 17.5 Å². The summed E-state index contributed by atoms with van der Waals surface area (Å²) in [5.41, 5.74) is 6.61. The van der Waals surface area contributed by atoms with Gasteiger partial charge in [0.25, 0.3) is 0 Å². The number of nitrogens with two attached hydrogens (primary N) is 1. The Labute approximate surface area is 84.2 Å². The second-order valence-corrected chi connectivity index (χ2v) is 3.92. The highest BCUT2D eigenvalue weighted by atomic mass is 35.5. The third-order valence-corrected chi connectivity index (χ3v) is 3.21. The number of rotatable bonds is 0. The van der Waals surface area contributed by atoms with E-state index in [2.05, 4.69) is 6.07 Å². The van der Waals surface area contributed by atoms with Crippen molar-refractivity contribution >= 4 is 38.7 Å². The van der Waals surface area contributed by atoms with Crippen molar-refractivity contribution in [1.29, 1.82) is 5.26 Å². The summed E-state index contributed by atoms with van der Waals surface area (Å²) in [6.07, 6.45) is 0. The Morgan fingerprint density at radius 1 is 1.46 bits per heavy atom. The molecule has 13 heavy (non-hydrogen) atoms. The maximum absolute atomic E-state index is 8.88. The first-order valence-electron chi connectivity index (χ1n) is 3.59. The van der Waals surface area contributed by atoms with Crippen LogP contribution >= 0.6 is 22.9 Å². The summed E-state index contributed by atoms with van der Waals surface area (Å²) in [4.78, 5) is 0. The normalized spacial score (nSPS) is 10.2. The molecule has 1 aromatic heterocycles. The zero-order valence-corrected chi connectivity index (χ0v) is 8.12. The van der Waals surface area contributed by atoms with Crippen molar-refractivity contribution in [2.75, 3.05) is 5.73 Å². The van der Waals surface area contributed by atoms with Crippen LogP contribution in [-0.4, -0.2) is 0 Å². The fourth-order valence-corrected chi connectivity index (χ4v) is 2.44. The van der Waals surface area contributed by atoms with Crippen LogP contribution in [0.5, 0.6) is 0 Å². The Hall–Kier alpha value is -1.24. The lowest BCUT2D eigenvalue weighted by atomic mass is 10.1. The highest BCUT2D eigenvalue weighted by Gasteiger charge is 2.09. The smallest absolute Gasteiger partial charge is 0.102 e. The molecule has 2 N–H and O–H groups in total. The van der Waals surface area contributed by atoms with Crippen LogP contribution < -0.4 is 5.73 Å². The number of nitrogens with zero attached hydrogens (tertiary/aromatic N) is 1. The van der Waals surface area contributed by atoms with Crippen LogP contribution in [-0.2, 0) is 0 Å². The molecule has 64 valence electrons. The molecule has 0 amide bonds. The first-order valence-corrected chi connectivity index (χ1v) is 4.85. The monoisotopic (exact) mass is 208 g/mol.